The fraction of sp³-hybridized carbons (Fsp3) is 0.438. The van der Waals surface area contributed by atoms with Crippen molar-refractivity contribution in [3.05, 3.63) is 35.4 Å². The van der Waals surface area contributed by atoms with Gasteiger partial charge in [0.1, 0.15) is 0 Å². The SMILES string of the molecule is CCc1ccc(C(CNS(=O)(=O)c2nnc(NC(C)=O)s2)N(C)C)cc1. The van der Waals surface area contributed by atoms with Gasteiger partial charge in [0, 0.05) is 19.5 Å². The monoisotopic (exact) mass is 397 g/mol. The molecule has 0 aliphatic heterocycles. The molecule has 8 nitrogen and oxygen atoms in total. The second-order valence-electron chi connectivity index (χ2n) is 5.98. The van der Waals surface area contributed by atoms with Crippen LogP contribution in [0.3, 0.4) is 0 Å². The van der Waals surface area contributed by atoms with E-state index in [1.807, 2.05) is 43.3 Å². The molecule has 2 rings (SSSR count). The molecule has 1 heterocycles. The van der Waals surface area contributed by atoms with Crippen LogP contribution < -0.4 is 10.0 Å². The Morgan fingerprint density at radius 2 is 1.88 bits per heavy atom. The number of carbonyl (C=O) groups is 1. The second-order valence-corrected chi connectivity index (χ2v) is 8.90. The van der Waals surface area contributed by atoms with Crippen molar-refractivity contribution >= 4 is 32.4 Å². The standard InChI is InChI=1S/C16H23N5O3S2/c1-5-12-6-8-13(9-7-12)14(21(3)4)10-17-26(23,24)16-20-19-15(25-16)18-11(2)22/h6-9,14,17H,5,10H2,1-4H3,(H,18,19,22). The minimum Gasteiger partial charge on any atom is -0.301 e. The molecule has 10 heteroatoms. The van der Waals surface area contributed by atoms with Gasteiger partial charge in [-0.2, -0.15) is 0 Å². The van der Waals surface area contributed by atoms with Gasteiger partial charge in [0.25, 0.3) is 10.0 Å². The fourth-order valence-electron chi connectivity index (χ4n) is 2.34. The number of aryl methyl sites for hydroxylation is 1. The molecule has 0 saturated heterocycles. The van der Waals surface area contributed by atoms with E-state index >= 15 is 0 Å². The molecular weight excluding hydrogens is 374 g/mol. The van der Waals surface area contributed by atoms with Crippen molar-refractivity contribution in [3.8, 4) is 0 Å². The molecule has 26 heavy (non-hydrogen) atoms. The van der Waals surface area contributed by atoms with E-state index in [1.54, 1.807) is 0 Å². The normalized spacial score (nSPS) is 13.0. The molecule has 1 amide bonds. The average molecular weight is 398 g/mol. The third kappa shape index (κ3) is 5.31. The molecule has 0 spiro atoms. The summed E-state index contributed by atoms with van der Waals surface area (Å²) in [6.07, 6.45) is 0.952. The zero-order chi connectivity index (χ0) is 19.3. The number of hydrogen-bond acceptors (Lipinski definition) is 7. The number of sulfonamides is 1. The summed E-state index contributed by atoms with van der Waals surface area (Å²) < 4.78 is 27.3. The topological polar surface area (TPSA) is 104 Å². The molecule has 2 N–H and O–H groups in total. The highest BCUT2D eigenvalue weighted by Gasteiger charge is 2.23. The molecular formula is C16H23N5O3S2. The van der Waals surface area contributed by atoms with Gasteiger partial charge in [0.15, 0.2) is 0 Å². The van der Waals surface area contributed by atoms with Crippen LogP contribution in [0.15, 0.2) is 28.6 Å². The predicted molar refractivity (Wildman–Crippen MR) is 102 cm³/mol. The van der Waals surface area contributed by atoms with Gasteiger partial charge in [-0.15, -0.1) is 10.2 Å². The Hall–Kier alpha value is -1.88. The van der Waals surface area contributed by atoms with E-state index in [-0.39, 0.29) is 28.0 Å². The number of nitrogens with one attached hydrogen (secondary N) is 2. The van der Waals surface area contributed by atoms with E-state index in [2.05, 4.69) is 27.2 Å². The number of hydrogen-bond donors (Lipinski definition) is 2. The van der Waals surface area contributed by atoms with Crippen molar-refractivity contribution in [1.82, 2.24) is 19.8 Å². The van der Waals surface area contributed by atoms with Crippen molar-refractivity contribution in [2.75, 3.05) is 26.0 Å². The maximum Gasteiger partial charge on any atom is 0.269 e. The number of anilines is 1. The summed E-state index contributed by atoms with van der Waals surface area (Å²) >= 11 is 0.811. The van der Waals surface area contributed by atoms with Gasteiger partial charge in [-0.3, -0.25) is 4.79 Å². The first-order valence-corrected chi connectivity index (χ1v) is 10.4. The molecule has 1 atom stereocenters. The summed E-state index contributed by atoms with van der Waals surface area (Å²) in [6, 6.07) is 7.99. The Morgan fingerprint density at radius 3 is 2.42 bits per heavy atom. The Morgan fingerprint density at radius 1 is 1.23 bits per heavy atom. The lowest BCUT2D eigenvalue weighted by molar-refractivity contribution is -0.114. The Balaban J connectivity index is 2.11. The molecule has 2 aromatic rings. The van der Waals surface area contributed by atoms with Crippen LogP contribution >= 0.6 is 11.3 Å². The average Bonchev–Trinajstić information content (AvgIpc) is 3.04. The Labute approximate surface area is 157 Å². The van der Waals surface area contributed by atoms with Crippen LogP contribution in [0.25, 0.3) is 0 Å². The molecule has 0 radical (unpaired) electrons. The summed E-state index contributed by atoms with van der Waals surface area (Å²) in [7, 11) is -0.0170. The van der Waals surface area contributed by atoms with E-state index in [4.69, 9.17) is 0 Å². The smallest absolute Gasteiger partial charge is 0.269 e. The summed E-state index contributed by atoms with van der Waals surface area (Å²) in [5, 5.41) is 9.89. The summed E-state index contributed by atoms with van der Waals surface area (Å²) in [5.41, 5.74) is 2.25. The van der Waals surface area contributed by atoms with Gasteiger partial charge >= 0.3 is 0 Å². The predicted octanol–water partition coefficient (Wildman–Crippen LogP) is 1.64. The second kappa shape index (κ2) is 8.67. The lowest BCUT2D eigenvalue weighted by Gasteiger charge is -2.25. The van der Waals surface area contributed by atoms with Crippen LogP contribution in [0, 0.1) is 0 Å². The van der Waals surface area contributed by atoms with Crippen molar-refractivity contribution in [2.24, 2.45) is 0 Å². The lowest BCUT2D eigenvalue weighted by atomic mass is 10.0. The highest BCUT2D eigenvalue weighted by atomic mass is 32.2. The molecule has 1 aromatic carbocycles. The van der Waals surface area contributed by atoms with Gasteiger partial charge in [-0.05, 0) is 31.6 Å². The Bertz CT molecular complexity index is 847. The number of aromatic nitrogens is 2. The minimum atomic E-state index is -3.81. The van der Waals surface area contributed by atoms with Gasteiger partial charge < -0.3 is 10.2 Å². The highest BCUT2D eigenvalue weighted by molar-refractivity contribution is 7.91. The zero-order valence-corrected chi connectivity index (χ0v) is 16.8. The first-order valence-electron chi connectivity index (χ1n) is 8.09. The zero-order valence-electron chi connectivity index (χ0n) is 15.2. The van der Waals surface area contributed by atoms with Crippen LogP contribution in [-0.4, -0.2) is 50.1 Å². The molecule has 0 fully saturated rings. The number of nitrogens with zero attached hydrogens (tertiary/aromatic N) is 3. The van der Waals surface area contributed by atoms with Gasteiger partial charge in [0.2, 0.25) is 15.4 Å². The van der Waals surface area contributed by atoms with E-state index in [0.717, 1.165) is 23.3 Å². The van der Waals surface area contributed by atoms with Crippen molar-refractivity contribution < 1.29 is 13.2 Å². The van der Waals surface area contributed by atoms with Crippen LogP contribution in [0.4, 0.5) is 5.13 Å². The molecule has 1 aromatic heterocycles. The number of amides is 1. The van der Waals surface area contributed by atoms with Gasteiger partial charge in [-0.25, -0.2) is 13.1 Å². The third-order valence-electron chi connectivity index (χ3n) is 3.78. The molecule has 0 saturated carbocycles. The van der Waals surface area contributed by atoms with Crippen LogP contribution in [-0.2, 0) is 21.2 Å². The van der Waals surface area contributed by atoms with E-state index in [0.29, 0.717) is 0 Å². The maximum atomic E-state index is 12.5. The first-order chi connectivity index (χ1) is 12.2. The molecule has 0 aliphatic carbocycles. The van der Waals surface area contributed by atoms with Crippen molar-refractivity contribution in [1.29, 1.82) is 0 Å². The largest absolute Gasteiger partial charge is 0.301 e. The Kier molecular flexibility index (Phi) is 6.81. The van der Waals surface area contributed by atoms with Crippen LogP contribution in [0.1, 0.15) is 31.0 Å². The number of carbonyl (C=O) groups excluding carboxylic acids is 1. The van der Waals surface area contributed by atoms with Gasteiger partial charge in [0.05, 0.1) is 0 Å². The van der Waals surface area contributed by atoms with E-state index in [1.165, 1.54) is 12.5 Å². The van der Waals surface area contributed by atoms with Crippen molar-refractivity contribution in [2.45, 2.75) is 30.6 Å². The third-order valence-corrected chi connectivity index (χ3v) is 6.41. The van der Waals surface area contributed by atoms with Crippen LogP contribution in [0.5, 0.6) is 0 Å². The molecule has 1 unspecified atom stereocenters. The molecule has 0 bridgehead atoms. The number of rotatable bonds is 8. The number of benzene rings is 1. The van der Waals surface area contributed by atoms with Crippen molar-refractivity contribution in [3.63, 3.8) is 0 Å². The number of likely N-dealkylation sites (N-methyl/N-ethyl adjacent to an activating group) is 1. The molecule has 0 aliphatic rings. The summed E-state index contributed by atoms with van der Waals surface area (Å²) in [6.45, 7) is 3.60. The maximum absolute atomic E-state index is 12.5. The summed E-state index contributed by atoms with van der Waals surface area (Å²) in [4.78, 5) is 13.0. The van der Waals surface area contributed by atoms with Crippen LogP contribution in [0.2, 0.25) is 0 Å². The lowest BCUT2D eigenvalue weighted by Crippen LogP contribution is -2.34. The summed E-state index contributed by atoms with van der Waals surface area (Å²) in [5.74, 6) is -0.332. The van der Waals surface area contributed by atoms with E-state index in [9.17, 15) is 13.2 Å². The quantitative estimate of drug-likeness (QED) is 0.656. The highest BCUT2D eigenvalue weighted by Crippen LogP contribution is 2.22. The first kappa shape index (κ1) is 20.4. The minimum absolute atomic E-state index is 0.126. The fourth-order valence-corrected chi connectivity index (χ4v) is 4.37. The van der Waals surface area contributed by atoms with E-state index < -0.39 is 10.0 Å². The van der Waals surface area contributed by atoms with Gasteiger partial charge in [-0.1, -0.05) is 42.5 Å². The molecule has 142 valence electrons.